The Kier molecular flexibility index (Phi) is 5.16. The van der Waals surface area contributed by atoms with Gasteiger partial charge < -0.3 is 5.32 Å². The van der Waals surface area contributed by atoms with E-state index in [4.69, 9.17) is 0 Å². The molecule has 0 aliphatic carbocycles. The number of hydrogen-bond donors (Lipinski definition) is 1. The molecule has 1 heterocycles. The van der Waals surface area contributed by atoms with Crippen LogP contribution < -0.4 is 5.32 Å². The van der Waals surface area contributed by atoms with Crippen LogP contribution in [0.1, 0.15) is 37.4 Å². The molecule has 1 N–H and O–H groups in total. The van der Waals surface area contributed by atoms with E-state index in [0.717, 1.165) is 25.9 Å². The van der Waals surface area contributed by atoms with Crippen LogP contribution in [0.2, 0.25) is 0 Å². The Morgan fingerprint density at radius 3 is 2.68 bits per heavy atom. The van der Waals surface area contributed by atoms with E-state index in [-0.39, 0.29) is 0 Å². The topological polar surface area (TPSA) is 29.9 Å². The average molecular weight is 257 g/mol. The first kappa shape index (κ1) is 13.8. The maximum absolute atomic E-state index is 4.46. The number of rotatable bonds is 7. The van der Waals surface area contributed by atoms with Crippen molar-refractivity contribution in [3.63, 3.8) is 0 Å². The Morgan fingerprint density at radius 2 is 2.00 bits per heavy atom. The molecule has 1 unspecified atom stereocenters. The van der Waals surface area contributed by atoms with Gasteiger partial charge in [-0.1, -0.05) is 44.2 Å². The summed E-state index contributed by atoms with van der Waals surface area (Å²) in [5.74, 6) is 0. The van der Waals surface area contributed by atoms with E-state index in [1.165, 1.54) is 11.1 Å². The molecular weight excluding hydrogens is 234 g/mol. The molecule has 19 heavy (non-hydrogen) atoms. The summed E-state index contributed by atoms with van der Waals surface area (Å²) in [4.78, 5) is 0. The summed E-state index contributed by atoms with van der Waals surface area (Å²) in [7, 11) is 0. The third kappa shape index (κ3) is 3.93. The lowest BCUT2D eigenvalue weighted by Crippen LogP contribution is -2.19. The van der Waals surface area contributed by atoms with Crippen molar-refractivity contribution in [1.29, 1.82) is 0 Å². The quantitative estimate of drug-likeness (QED) is 0.825. The number of aryl methyl sites for hydroxylation is 2. The van der Waals surface area contributed by atoms with Gasteiger partial charge in [-0.25, -0.2) is 0 Å². The van der Waals surface area contributed by atoms with Crippen LogP contribution in [0.5, 0.6) is 0 Å². The van der Waals surface area contributed by atoms with Crippen LogP contribution in [-0.2, 0) is 13.0 Å². The van der Waals surface area contributed by atoms with Crippen molar-refractivity contribution in [2.75, 3.05) is 6.54 Å². The third-order valence-electron chi connectivity index (χ3n) is 3.39. The summed E-state index contributed by atoms with van der Waals surface area (Å²) in [6, 6.07) is 11.0. The second-order valence-electron chi connectivity index (χ2n) is 4.79. The summed E-state index contributed by atoms with van der Waals surface area (Å²) < 4.78 is 2.04. The fourth-order valence-corrected chi connectivity index (χ4v) is 2.31. The van der Waals surface area contributed by atoms with Gasteiger partial charge in [-0.3, -0.25) is 4.68 Å². The van der Waals surface area contributed by atoms with Crippen LogP contribution in [-0.4, -0.2) is 16.3 Å². The number of nitrogens with zero attached hydrogens (tertiary/aromatic N) is 2. The lowest BCUT2D eigenvalue weighted by Gasteiger charge is -2.13. The fourth-order valence-electron chi connectivity index (χ4n) is 2.31. The summed E-state index contributed by atoms with van der Waals surface area (Å²) in [6.45, 7) is 6.28. The van der Waals surface area contributed by atoms with Crippen molar-refractivity contribution < 1.29 is 0 Å². The molecule has 0 saturated heterocycles. The van der Waals surface area contributed by atoms with Gasteiger partial charge in [0.25, 0.3) is 0 Å². The molecule has 3 heteroatoms. The Balaban J connectivity index is 1.93. The van der Waals surface area contributed by atoms with Crippen molar-refractivity contribution in [3.05, 3.63) is 53.9 Å². The van der Waals surface area contributed by atoms with Gasteiger partial charge in [0.05, 0.1) is 6.20 Å². The highest BCUT2D eigenvalue weighted by atomic mass is 15.3. The minimum Gasteiger partial charge on any atom is -0.310 e. The molecule has 0 aliphatic heterocycles. The standard InChI is InChI=1S/C16H23N3/c1-3-16(17-4-2)15-12-18-19(13-15)11-10-14-8-6-5-7-9-14/h5-9,12-13,16-17H,3-4,10-11H2,1-2H3. The lowest BCUT2D eigenvalue weighted by molar-refractivity contribution is 0.535. The fraction of sp³-hybridized carbons (Fsp3) is 0.438. The van der Waals surface area contributed by atoms with Crippen molar-refractivity contribution in [2.24, 2.45) is 0 Å². The molecule has 0 aliphatic rings. The van der Waals surface area contributed by atoms with Crippen molar-refractivity contribution in [1.82, 2.24) is 15.1 Å². The smallest absolute Gasteiger partial charge is 0.0537 e. The molecule has 3 nitrogen and oxygen atoms in total. The van der Waals surface area contributed by atoms with E-state index in [0.29, 0.717) is 6.04 Å². The highest BCUT2D eigenvalue weighted by Gasteiger charge is 2.09. The number of hydrogen-bond acceptors (Lipinski definition) is 2. The summed E-state index contributed by atoms with van der Waals surface area (Å²) in [5, 5.41) is 7.94. The minimum atomic E-state index is 0.426. The Morgan fingerprint density at radius 1 is 1.21 bits per heavy atom. The van der Waals surface area contributed by atoms with Crippen LogP contribution >= 0.6 is 0 Å². The van der Waals surface area contributed by atoms with Gasteiger partial charge in [0.2, 0.25) is 0 Å². The zero-order valence-electron chi connectivity index (χ0n) is 11.8. The number of benzene rings is 1. The van der Waals surface area contributed by atoms with E-state index < -0.39 is 0 Å². The first-order valence-corrected chi connectivity index (χ1v) is 7.13. The average Bonchev–Trinajstić information content (AvgIpc) is 2.92. The summed E-state index contributed by atoms with van der Waals surface area (Å²) >= 11 is 0. The highest BCUT2D eigenvalue weighted by molar-refractivity contribution is 5.15. The molecule has 0 saturated carbocycles. The zero-order valence-corrected chi connectivity index (χ0v) is 11.8. The summed E-state index contributed by atoms with van der Waals surface area (Å²) in [6.07, 6.45) is 6.28. The maximum Gasteiger partial charge on any atom is 0.0537 e. The first-order valence-electron chi connectivity index (χ1n) is 7.13. The minimum absolute atomic E-state index is 0.426. The van der Waals surface area contributed by atoms with Crippen molar-refractivity contribution >= 4 is 0 Å². The van der Waals surface area contributed by atoms with E-state index in [1.54, 1.807) is 0 Å². The van der Waals surface area contributed by atoms with Gasteiger partial charge in [-0.05, 0) is 24.9 Å². The first-order chi connectivity index (χ1) is 9.33. The van der Waals surface area contributed by atoms with E-state index >= 15 is 0 Å². The Labute approximate surface area is 115 Å². The Hall–Kier alpha value is -1.61. The molecule has 0 spiro atoms. The Bertz CT molecular complexity index is 476. The molecule has 2 rings (SSSR count). The predicted octanol–water partition coefficient (Wildman–Crippen LogP) is 3.19. The second-order valence-corrected chi connectivity index (χ2v) is 4.79. The van der Waals surface area contributed by atoms with Crippen LogP contribution in [0.25, 0.3) is 0 Å². The van der Waals surface area contributed by atoms with Gasteiger partial charge in [0.15, 0.2) is 0 Å². The zero-order chi connectivity index (χ0) is 13.5. The van der Waals surface area contributed by atoms with Crippen molar-refractivity contribution in [3.8, 4) is 0 Å². The molecule has 2 aromatic rings. The maximum atomic E-state index is 4.46. The molecule has 0 radical (unpaired) electrons. The molecule has 1 aromatic heterocycles. The second kappa shape index (κ2) is 7.10. The third-order valence-corrected chi connectivity index (χ3v) is 3.39. The molecular formula is C16H23N3. The molecule has 102 valence electrons. The summed E-state index contributed by atoms with van der Waals surface area (Å²) in [5.41, 5.74) is 2.65. The lowest BCUT2D eigenvalue weighted by atomic mass is 10.1. The molecule has 0 bridgehead atoms. The SMILES string of the molecule is CCNC(CC)c1cnn(CCc2ccccc2)c1. The van der Waals surface area contributed by atoms with Crippen LogP contribution in [0, 0.1) is 0 Å². The van der Waals surface area contributed by atoms with Gasteiger partial charge >= 0.3 is 0 Å². The van der Waals surface area contributed by atoms with E-state index in [2.05, 4.69) is 60.8 Å². The van der Waals surface area contributed by atoms with Gasteiger partial charge in [-0.2, -0.15) is 5.10 Å². The highest BCUT2D eigenvalue weighted by Crippen LogP contribution is 2.15. The molecule has 0 fully saturated rings. The van der Waals surface area contributed by atoms with Crippen LogP contribution in [0.3, 0.4) is 0 Å². The molecule has 1 aromatic carbocycles. The van der Waals surface area contributed by atoms with Gasteiger partial charge in [-0.15, -0.1) is 0 Å². The number of nitrogens with one attached hydrogen (secondary N) is 1. The van der Waals surface area contributed by atoms with Crippen LogP contribution in [0.4, 0.5) is 0 Å². The van der Waals surface area contributed by atoms with E-state index in [9.17, 15) is 0 Å². The normalized spacial score (nSPS) is 12.5. The monoisotopic (exact) mass is 257 g/mol. The number of aromatic nitrogens is 2. The van der Waals surface area contributed by atoms with Crippen LogP contribution in [0.15, 0.2) is 42.7 Å². The molecule has 0 amide bonds. The predicted molar refractivity (Wildman–Crippen MR) is 79.1 cm³/mol. The van der Waals surface area contributed by atoms with E-state index in [1.807, 2.05) is 10.9 Å². The van der Waals surface area contributed by atoms with Crippen molar-refractivity contribution in [2.45, 2.75) is 39.3 Å². The largest absolute Gasteiger partial charge is 0.310 e. The van der Waals surface area contributed by atoms with Gasteiger partial charge in [0, 0.05) is 24.3 Å². The molecule has 1 atom stereocenters. The van der Waals surface area contributed by atoms with Gasteiger partial charge in [0.1, 0.15) is 0 Å².